The van der Waals surface area contributed by atoms with E-state index in [4.69, 9.17) is 23.7 Å². The molecule has 5 atom stereocenters. The van der Waals surface area contributed by atoms with Gasteiger partial charge in [-0.2, -0.15) is 13.2 Å². The van der Waals surface area contributed by atoms with Crippen LogP contribution in [-0.2, 0) is 48.3 Å². The lowest BCUT2D eigenvalue weighted by atomic mass is 9.87. The Balaban J connectivity index is 1.43. The lowest BCUT2D eigenvalue weighted by Gasteiger charge is -2.46. The van der Waals surface area contributed by atoms with Gasteiger partial charge in [-0.05, 0) is 16.7 Å². The van der Waals surface area contributed by atoms with E-state index in [0.717, 1.165) is 16.7 Å². The lowest BCUT2D eigenvalue weighted by Crippen LogP contribution is -2.68. The van der Waals surface area contributed by atoms with E-state index in [1.54, 1.807) is 0 Å². The second kappa shape index (κ2) is 12.5. The van der Waals surface area contributed by atoms with Crippen LogP contribution < -0.4 is 5.32 Å². The van der Waals surface area contributed by atoms with Crippen molar-refractivity contribution in [2.24, 2.45) is 0 Å². The molecule has 2 aliphatic rings. The zero-order chi connectivity index (χ0) is 28.0. The molecule has 3 aromatic rings. The molecule has 40 heavy (non-hydrogen) atoms. The summed E-state index contributed by atoms with van der Waals surface area (Å²) in [5, 5.41) is 2.04. The molecule has 0 aliphatic carbocycles. The number of hydrogen-bond acceptors (Lipinski definition) is 6. The van der Waals surface area contributed by atoms with Crippen molar-refractivity contribution < 1.29 is 41.7 Å². The molecule has 10 heteroatoms. The van der Waals surface area contributed by atoms with E-state index in [1.807, 2.05) is 96.3 Å². The van der Waals surface area contributed by atoms with Gasteiger partial charge < -0.3 is 29.0 Å². The first-order valence-corrected chi connectivity index (χ1v) is 12.9. The summed E-state index contributed by atoms with van der Waals surface area (Å²) in [6, 6.07) is 26.8. The standard InChI is InChI=1S/C30H30F3NO6/c31-30(32,33)28(35)34-24-25(37-17-22-12-6-2-7-13-22)26(38-18-23-14-8-3-9-15-23)29(20-39-27(24)40-29)19-36-16-21-10-4-1-5-11-21/h1-15,24-27H,16-20H2,(H,34,35). The molecule has 7 nitrogen and oxygen atoms in total. The quantitative estimate of drug-likeness (QED) is 0.373. The molecule has 1 N–H and O–H groups in total. The monoisotopic (exact) mass is 557 g/mol. The van der Waals surface area contributed by atoms with Crippen LogP contribution in [0.25, 0.3) is 0 Å². The number of halogens is 3. The molecule has 5 unspecified atom stereocenters. The van der Waals surface area contributed by atoms with E-state index in [0.29, 0.717) is 0 Å². The summed E-state index contributed by atoms with van der Waals surface area (Å²) in [6.07, 6.45) is -8.28. The van der Waals surface area contributed by atoms with Crippen LogP contribution >= 0.6 is 0 Å². The Labute approximate surface area is 230 Å². The lowest BCUT2D eigenvalue weighted by molar-refractivity contribution is -0.265. The fourth-order valence-electron chi connectivity index (χ4n) is 4.91. The van der Waals surface area contributed by atoms with E-state index in [1.165, 1.54) is 0 Å². The summed E-state index contributed by atoms with van der Waals surface area (Å²) >= 11 is 0. The van der Waals surface area contributed by atoms with Gasteiger partial charge in [-0.1, -0.05) is 91.0 Å². The fourth-order valence-corrected chi connectivity index (χ4v) is 4.91. The van der Waals surface area contributed by atoms with Crippen LogP contribution in [-0.4, -0.2) is 55.4 Å². The van der Waals surface area contributed by atoms with Gasteiger partial charge in [0.05, 0.1) is 33.0 Å². The smallest absolute Gasteiger partial charge is 0.374 e. The van der Waals surface area contributed by atoms with Crippen molar-refractivity contribution in [2.45, 2.75) is 56.1 Å². The highest BCUT2D eigenvalue weighted by atomic mass is 19.4. The third-order valence-corrected chi connectivity index (χ3v) is 6.88. The molecule has 2 bridgehead atoms. The minimum Gasteiger partial charge on any atom is -0.374 e. The SMILES string of the molecule is O=C(NC1C2OCC(COCc3ccccc3)(O2)C(OCc2ccccc2)C1OCc1ccccc1)C(F)(F)F. The first-order chi connectivity index (χ1) is 19.3. The van der Waals surface area contributed by atoms with E-state index in [2.05, 4.69) is 0 Å². The van der Waals surface area contributed by atoms with Gasteiger partial charge in [0.15, 0.2) is 6.29 Å². The number of fused-ring (bicyclic) bond motifs is 2. The third kappa shape index (κ3) is 6.71. The number of amides is 1. The normalized spacial score (nSPS) is 26.0. The molecule has 0 aromatic heterocycles. The van der Waals surface area contributed by atoms with Gasteiger partial charge in [0.1, 0.15) is 23.9 Å². The summed E-state index contributed by atoms with van der Waals surface area (Å²) in [5.41, 5.74) is 1.41. The van der Waals surface area contributed by atoms with Crippen molar-refractivity contribution in [1.29, 1.82) is 0 Å². The van der Waals surface area contributed by atoms with Crippen molar-refractivity contribution in [3.05, 3.63) is 108 Å². The van der Waals surface area contributed by atoms with Crippen molar-refractivity contribution >= 4 is 5.91 Å². The number of ether oxygens (including phenoxy) is 5. The van der Waals surface area contributed by atoms with Gasteiger partial charge in [-0.15, -0.1) is 0 Å². The Hall–Kier alpha value is -3.28. The molecule has 2 fully saturated rings. The summed E-state index contributed by atoms with van der Waals surface area (Å²) in [4.78, 5) is 12.1. The van der Waals surface area contributed by atoms with Crippen molar-refractivity contribution in [1.82, 2.24) is 5.32 Å². The van der Waals surface area contributed by atoms with Crippen LogP contribution in [0.2, 0.25) is 0 Å². The topological polar surface area (TPSA) is 75.3 Å². The van der Waals surface area contributed by atoms with Gasteiger partial charge >= 0.3 is 12.1 Å². The number of carbonyl (C=O) groups excluding carboxylic acids is 1. The summed E-state index contributed by atoms with van der Waals surface area (Å²) in [7, 11) is 0. The molecule has 212 valence electrons. The van der Waals surface area contributed by atoms with E-state index >= 15 is 0 Å². The Kier molecular flexibility index (Phi) is 8.82. The van der Waals surface area contributed by atoms with Crippen molar-refractivity contribution in [3.63, 3.8) is 0 Å². The number of nitrogens with one attached hydrogen (secondary N) is 1. The van der Waals surface area contributed by atoms with Gasteiger partial charge in [0, 0.05) is 0 Å². The average Bonchev–Trinajstić information content (AvgIpc) is 3.35. The summed E-state index contributed by atoms with van der Waals surface area (Å²) in [5.74, 6) is -2.11. The summed E-state index contributed by atoms with van der Waals surface area (Å²) in [6.45, 7) is 0.498. The number of alkyl halides is 3. The van der Waals surface area contributed by atoms with Gasteiger partial charge in [-0.25, -0.2) is 0 Å². The molecule has 1 amide bonds. The number of hydrogen-bond donors (Lipinski definition) is 1. The molecular formula is C30H30F3NO6. The van der Waals surface area contributed by atoms with Crippen LogP contribution in [0.1, 0.15) is 16.7 Å². The molecule has 2 saturated heterocycles. The minimum absolute atomic E-state index is 0.0184. The summed E-state index contributed by atoms with van der Waals surface area (Å²) < 4.78 is 70.6. The zero-order valence-corrected chi connectivity index (χ0v) is 21.6. The highest BCUT2D eigenvalue weighted by Crippen LogP contribution is 2.41. The average molecular weight is 558 g/mol. The Bertz CT molecular complexity index is 1230. The van der Waals surface area contributed by atoms with Crippen LogP contribution in [0, 0.1) is 0 Å². The minimum atomic E-state index is -5.10. The maximum Gasteiger partial charge on any atom is 0.471 e. The second-order valence-electron chi connectivity index (χ2n) is 9.82. The fraction of sp³-hybridized carbons (Fsp3) is 0.367. The molecule has 2 heterocycles. The van der Waals surface area contributed by atoms with E-state index < -0.39 is 42.2 Å². The van der Waals surface area contributed by atoms with Crippen molar-refractivity contribution in [3.8, 4) is 0 Å². The molecule has 0 spiro atoms. The van der Waals surface area contributed by atoms with Gasteiger partial charge in [-0.3, -0.25) is 4.79 Å². The maximum absolute atomic E-state index is 13.3. The predicted molar refractivity (Wildman–Crippen MR) is 138 cm³/mol. The van der Waals surface area contributed by atoms with Gasteiger partial charge in [0.25, 0.3) is 0 Å². The Morgan fingerprint density at radius 1 is 0.825 bits per heavy atom. The maximum atomic E-state index is 13.3. The first-order valence-electron chi connectivity index (χ1n) is 12.9. The highest BCUT2D eigenvalue weighted by molar-refractivity contribution is 5.82. The number of benzene rings is 3. The first kappa shape index (κ1) is 28.3. The van der Waals surface area contributed by atoms with E-state index in [-0.39, 0.29) is 33.0 Å². The van der Waals surface area contributed by atoms with Gasteiger partial charge in [0.2, 0.25) is 0 Å². The molecule has 2 aliphatic heterocycles. The number of rotatable bonds is 11. The van der Waals surface area contributed by atoms with Crippen LogP contribution in [0.5, 0.6) is 0 Å². The molecular weight excluding hydrogens is 527 g/mol. The molecule has 0 saturated carbocycles. The molecule has 3 aromatic carbocycles. The second-order valence-corrected chi connectivity index (χ2v) is 9.82. The molecule has 5 rings (SSSR count). The van der Waals surface area contributed by atoms with Crippen LogP contribution in [0.15, 0.2) is 91.0 Å². The Morgan fingerprint density at radius 2 is 1.35 bits per heavy atom. The number of carbonyl (C=O) groups is 1. The predicted octanol–water partition coefficient (Wildman–Crippen LogP) is 4.55. The highest BCUT2D eigenvalue weighted by Gasteiger charge is 2.62. The van der Waals surface area contributed by atoms with E-state index in [9.17, 15) is 18.0 Å². The zero-order valence-electron chi connectivity index (χ0n) is 21.6. The van der Waals surface area contributed by atoms with Crippen LogP contribution in [0.3, 0.4) is 0 Å². The van der Waals surface area contributed by atoms with Crippen molar-refractivity contribution in [2.75, 3.05) is 13.2 Å². The molecule has 0 radical (unpaired) electrons. The third-order valence-electron chi connectivity index (χ3n) is 6.88. The Morgan fingerprint density at radius 3 is 1.90 bits per heavy atom. The van der Waals surface area contributed by atoms with Crippen LogP contribution in [0.4, 0.5) is 13.2 Å². The largest absolute Gasteiger partial charge is 0.471 e.